The van der Waals surface area contributed by atoms with E-state index in [0.29, 0.717) is 5.56 Å². The van der Waals surface area contributed by atoms with E-state index in [4.69, 9.17) is 5.11 Å². The first-order chi connectivity index (χ1) is 8.70. The third kappa shape index (κ3) is 3.15. The molecule has 0 fully saturated rings. The van der Waals surface area contributed by atoms with Crippen LogP contribution in [0, 0.1) is 0 Å². The molecular weight excluding hydrogens is 264 g/mol. The monoisotopic (exact) mass is 278 g/mol. The third-order valence-electron chi connectivity index (χ3n) is 2.55. The summed E-state index contributed by atoms with van der Waals surface area (Å²) < 4.78 is 0. The summed E-state index contributed by atoms with van der Waals surface area (Å²) in [6.07, 6.45) is 1.06. The molecule has 0 spiro atoms. The van der Waals surface area contributed by atoms with Gasteiger partial charge in [-0.15, -0.1) is 23.1 Å². The molecule has 4 heteroatoms. The second kappa shape index (κ2) is 6.07. The van der Waals surface area contributed by atoms with Gasteiger partial charge in [0.15, 0.2) is 0 Å². The Labute approximate surface area is 115 Å². The first kappa shape index (κ1) is 13.2. The molecule has 0 unspecified atom stereocenters. The Hall–Kier alpha value is -1.26. The normalized spacial score (nSPS) is 10.5. The standard InChI is InChI=1S/C14H14O2S2/c1-2-10-7-8-11(18-10)9-17-13-6-4-3-5-12(13)14(15)16/h3-8H,2,9H2,1H3,(H,15,16). The quantitative estimate of drug-likeness (QED) is 0.828. The Morgan fingerprint density at radius 1 is 1.22 bits per heavy atom. The molecule has 1 aromatic carbocycles. The molecule has 0 saturated heterocycles. The SMILES string of the molecule is CCc1ccc(CSc2ccccc2C(=O)O)s1. The van der Waals surface area contributed by atoms with Crippen molar-refractivity contribution in [3.63, 3.8) is 0 Å². The number of hydrogen-bond donors (Lipinski definition) is 1. The Bertz CT molecular complexity index is 546. The third-order valence-corrected chi connectivity index (χ3v) is 5.09. The number of hydrogen-bond acceptors (Lipinski definition) is 3. The zero-order valence-electron chi connectivity index (χ0n) is 10.1. The second-order valence-electron chi connectivity index (χ2n) is 3.81. The van der Waals surface area contributed by atoms with Crippen LogP contribution in [-0.2, 0) is 12.2 Å². The lowest BCUT2D eigenvalue weighted by molar-refractivity contribution is 0.0693. The van der Waals surface area contributed by atoms with Crippen LogP contribution in [0.5, 0.6) is 0 Å². The largest absolute Gasteiger partial charge is 0.478 e. The first-order valence-electron chi connectivity index (χ1n) is 5.73. The van der Waals surface area contributed by atoms with Crippen molar-refractivity contribution in [1.29, 1.82) is 0 Å². The minimum absolute atomic E-state index is 0.384. The Morgan fingerprint density at radius 2 is 1.94 bits per heavy atom. The number of carbonyl (C=O) groups is 1. The molecule has 2 aromatic rings. The van der Waals surface area contributed by atoms with Crippen LogP contribution < -0.4 is 0 Å². The van der Waals surface area contributed by atoms with E-state index in [1.54, 1.807) is 35.2 Å². The van der Waals surface area contributed by atoms with Crippen LogP contribution in [0.1, 0.15) is 27.0 Å². The number of aromatic carboxylic acids is 1. The van der Waals surface area contributed by atoms with Crippen LogP contribution in [0.15, 0.2) is 41.3 Å². The molecule has 0 saturated carbocycles. The summed E-state index contributed by atoms with van der Waals surface area (Å²) in [6, 6.07) is 11.4. The molecule has 0 aliphatic heterocycles. The summed E-state index contributed by atoms with van der Waals surface area (Å²) in [6.45, 7) is 2.14. The minimum atomic E-state index is -0.862. The molecule has 0 bridgehead atoms. The molecule has 0 aliphatic carbocycles. The van der Waals surface area contributed by atoms with Crippen LogP contribution in [0.3, 0.4) is 0 Å². The van der Waals surface area contributed by atoms with Gasteiger partial charge < -0.3 is 5.11 Å². The Balaban J connectivity index is 2.08. The predicted molar refractivity (Wildman–Crippen MR) is 76.7 cm³/mol. The number of thioether (sulfide) groups is 1. The van der Waals surface area contributed by atoms with Gasteiger partial charge in [-0.2, -0.15) is 0 Å². The van der Waals surface area contributed by atoms with Crippen LogP contribution in [0.4, 0.5) is 0 Å². The fourth-order valence-corrected chi connectivity index (χ4v) is 3.65. The van der Waals surface area contributed by atoms with Gasteiger partial charge in [-0.1, -0.05) is 19.1 Å². The number of carboxylic acid groups (broad SMARTS) is 1. The van der Waals surface area contributed by atoms with Gasteiger partial charge in [0.05, 0.1) is 5.56 Å². The molecular formula is C14H14O2S2. The molecule has 1 N–H and O–H groups in total. The smallest absolute Gasteiger partial charge is 0.336 e. The van der Waals surface area contributed by atoms with Crippen LogP contribution in [-0.4, -0.2) is 11.1 Å². The maximum absolute atomic E-state index is 11.1. The summed E-state index contributed by atoms with van der Waals surface area (Å²) in [4.78, 5) is 14.6. The van der Waals surface area contributed by atoms with Gasteiger partial charge in [-0.05, 0) is 30.7 Å². The van der Waals surface area contributed by atoms with E-state index in [-0.39, 0.29) is 0 Å². The van der Waals surface area contributed by atoms with Gasteiger partial charge in [-0.25, -0.2) is 4.79 Å². The molecule has 94 valence electrons. The predicted octanol–water partition coefficient (Wildman–Crippen LogP) is 4.30. The van der Waals surface area contributed by atoms with Crippen molar-refractivity contribution in [3.8, 4) is 0 Å². The highest BCUT2D eigenvalue weighted by Crippen LogP contribution is 2.29. The molecule has 2 nitrogen and oxygen atoms in total. The maximum Gasteiger partial charge on any atom is 0.336 e. The number of aryl methyl sites for hydroxylation is 1. The van der Waals surface area contributed by atoms with Crippen LogP contribution in [0.2, 0.25) is 0 Å². The highest BCUT2D eigenvalue weighted by Gasteiger charge is 2.09. The summed E-state index contributed by atoms with van der Waals surface area (Å²) >= 11 is 3.38. The fourth-order valence-electron chi connectivity index (χ4n) is 1.61. The van der Waals surface area contributed by atoms with Gasteiger partial charge in [0.1, 0.15) is 0 Å². The lowest BCUT2D eigenvalue weighted by atomic mass is 10.2. The Morgan fingerprint density at radius 3 is 2.61 bits per heavy atom. The molecule has 2 rings (SSSR count). The number of carboxylic acids is 1. The number of thiophene rings is 1. The van der Waals surface area contributed by atoms with Crippen molar-refractivity contribution < 1.29 is 9.90 Å². The topological polar surface area (TPSA) is 37.3 Å². The Kier molecular flexibility index (Phi) is 4.44. The average molecular weight is 278 g/mol. The van der Waals surface area contributed by atoms with Crippen molar-refractivity contribution in [1.82, 2.24) is 0 Å². The van der Waals surface area contributed by atoms with Gasteiger partial charge >= 0.3 is 5.97 Å². The van der Waals surface area contributed by atoms with E-state index in [0.717, 1.165) is 17.1 Å². The van der Waals surface area contributed by atoms with Gasteiger partial charge in [0, 0.05) is 20.4 Å². The van der Waals surface area contributed by atoms with Crippen molar-refractivity contribution in [2.75, 3.05) is 0 Å². The van der Waals surface area contributed by atoms with Crippen LogP contribution >= 0.6 is 23.1 Å². The number of benzene rings is 1. The lowest BCUT2D eigenvalue weighted by Crippen LogP contribution is -1.98. The molecule has 18 heavy (non-hydrogen) atoms. The molecule has 0 radical (unpaired) electrons. The summed E-state index contributed by atoms with van der Waals surface area (Å²) in [5, 5.41) is 9.09. The van der Waals surface area contributed by atoms with E-state index in [9.17, 15) is 4.79 Å². The van der Waals surface area contributed by atoms with E-state index >= 15 is 0 Å². The average Bonchev–Trinajstić information content (AvgIpc) is 2.84. The maximum atomic E-state index is 11.1. The van der Waals surface area contributed by atoms with E-state index in [2.05, 4.69) is 19.1 Å². The van der Waals surface area contributed by atoms with Gasteiger partial charge in [-0.3, -0.25) is 0 Å². The summed E-state index contributed by atoms with van der Waals surface area (Å²) in [5.74, 6) is -0.0341. The second-order valence-corrected chi connectivity index (χ2v) is 6.08. The minimum Gasteiger partial charge on any atom is -0.478 e. The van der Waals surface area contributed by atoms with Gasteiger partial charge in [0.2, 0.25) is 0 Å². The molecule has 1 heterocycles. The molecule has 0 amide bonds. The van der Waals surface area contributed by atoms with Crippen molar-refractivity contribution >= 4 is 29.1 Å². The van der Waals surface area contributed by atoms with E-state index < -0.39 is 5.97 Å². The molecule has 1 aromatic heterocycles. The zero-order chi connectivity index (χ0) is 13.0. The highest BCUT2D eigenvalue weighted by atomic mass is 32.2. The first-order valence-corrected chi connectivity index (χ1v) is 7.53. The molecule has 0 aliphatic rings. The van der Waals surface area contributed by atoms with Crippen molar-refractivity contribution in [3.05, 3.63) is 51.7 Å². The van der Waals surface area contributed by atoms with Crippen molar-refractivity contribution in [2.45, 2.75) is 24.0 Å². The highest BCUT2D eigenvalue weighted by molar-refractivity contribution is 7.98. The van der Waals surface area contributed by atoms with Gasteiger partial charge in [0.25, 0.3) is 0 Å². The summed E-state index contributed by atoms with van der Waals surface area (Å²) in [5.41, 5.74) is 0.384. The number of rotatable bonds is 5. The van der Waals surface area contributed by atoms with Crippen molar-refractivity contribution in [2.24, 2.45) is 0 Å². The molecule has 0 atom stereocenters. The van der Waals surface area contributed by atoms with E-state index in [1.165, 1.54) is 9.75 Å². The fraction of sp³-hybridized carbons (Fsp3) is 0.214. The zero-order valence-corrected chi connectivity index (χ0v) is 11.7. The van der Waals surface area contributed by atoms with E-state index in [1.807, 2.05) is 12.1 Å². The summed E-state index contributed by atoms with van der Waals surface area (Å²) in [7, 11) is 0. The lowest BCUT2D eigenvalue weighted by Gasteiger charge is -2.04. The van der Waals surface area contributed by atoms with Crippen LogP contribution in [0.25, 0.3) is 0 Å².